The van der Waals surface area contributed by atoms with Crippen LogP contribution in [-0.2, 0) is 13.1 Å². The normalized spacial score (nSPS) is 10.7. The second-order valence-corrected chi connectivity index (χ2v) is 5.15. The molecule has 2 rings (SSSR count). The summed E-state index contributed by atoms with van der Waals surface area (Å²) in [5, 5.41) is 6.43. The Hall–Kier alpha value is -2.10. The van der Waals surface area contributed by atoms with E-state index in [2.05, 4.69) is 15.6 Å². The molecule has 1 aromatic heterocycles. The van der Waals surface area contributed by atoms with E-state index in [4.69, 9.17) is 18.6 Å². The maximum absolute atomic E-state index is 5.44. The molecule has 26 heavy (non-hydrogen) atoms. The average molecular weight is 475 g/mol. The zero-order chi connectivity index (χ0) is 18.1. The molecular formula is C18H26IN3O4. The Labute approximate surface area is 171 Å². The number of benzene rings is 1. The third kappa shape index (κ3) is 6.01. The van der Waals surface area contributed by atoms with Crippen LogP contribution in [0, 0.1) is 0 Å². The Morgan fingerprint density at radius 1 is 1.04 bits per heavy atom. The highest BCUT2D eigenvalue weighted by Crippen LogP contribution is 2.34. The molecule has 0 unspecified atom stereocenters. The van der Waals surface area contributed by atoms with Gasteiger partial charge in [-0.15, -0.1) is 24.0 Å². The van der Waals surface area contributed by atoms with Gasteiger partial charge in [-0.05, 0) is 25.1 Å². The SMILES string of the molecule is CCNC(=NCc1cc(OC)c(OC)cc1OC)NCc1ccco1.I. The molecule has 0 radical (unpaired) electrons. The molecule has 0 saturated carbocycles. The zero-order valence-corrected chi connectivity index (χ0v) is 17.8. The number of guanidine groups is 1. The van der Waals surface area contributed by atoms with Crippen LogP contribution in [0.25, 0.3) is 0 Å². The fraction of sp³-hybridized carbons (Fsp3) is 0.389. The van der Waals surface area contributed by atoms with E-state index in [-0.39, 0.29) is 24.0 Å². The van der Waals surface area contributed by atoms with Crippen LogP contribution >= 0.6 is 24.0 Å². The number of ether oxygens (including phenoxy) is 3. The van der Waals surface area contributed by atoms with Crippen LogP contribution < -0.4 is 24.8 Å². The quantitative estimate of drug-likeness (QED) is 0.347. The minimum atomic E-state index is 0. The van der Waals surface area contributed by atoms with Crippen LogP contribution in [0.5, 0.6) is 17.2 Å². The molecule has 2 aromatic rings. The van der Waals surface area contributed by atoms with Crippen molar-refractivity contribution in [2.24, 2.45) is 4.99 Å². The van der Waals surface area contributed by atoms with Crippen molar-refractivity contribution in [2.45, 2.75) is 20.0 Å². The lowest BCUT2D eigenvalue weighted by atomic mass is 10.1. The second kappa shape index (κ2) is 11.5. The molecule has 1 aromatic carbocycles. The Bertz CT molecular complexity index is 690. The maximum atomic E-state index is 5.44. The Morgan fingerprint density at radius 3 is 2.31 bits per heavy atom. The van der Waals surface area contributed by atoms with Crippen LogP contribution in [-0.4, -0.2) is 33.8 Å². The first kappa shape index (κ1) is 21.9. The molecule has 0 fully saturated rings. The third-order valence-corrected chi connectivity index (χ3v) is 3.55. The smallest absolute Gasteiger partial charge is 0.191 e. The number of nitrogens with zero attached hydrogens (tertiary/aromatic N) is 1. The molecule has 0 bridgehead atoms. The number of hydrogen-bond acceptors (Lipinski definition) is 5. The van der Waals surface area contributed by atoms with E-state index in [0.717, 1.165) is 17.9 Å². The number of aliphatic imine (C=N–C) groups is 1. The molecule has 0 aliphatic heterocycles. The predicted molar refractivity (Wildman–Crippen MR) is 112 cm³/mol. The Balaban J connectivity index is 0.00000338. The number of rotatable bonds is 8. The maximum Gasteiger partial charge on any atom is 0.191 e. The van der Waals surface area contributed by atoms with Crippen molar-refractivity contribution in [1.29, 1.82) is 0 Å². The van der Waals surface area contributed by atoms with E-state index in [9.17, 15) is 0 Å². The van der Waals surface area contributed by atoms with Crippen LogP contribution in [0.2, 0.25) is 0 Å². The lowest BCUT2D eigenvalue weighted by molar-refractivity contribution is 0.347. The first-order valence-corrected chi connectivity index (χ1v) is 8.05. The molecule has 0 saturated heterocycles. The van der Waals surface area contributed by atoms with E-state index in [1.807, 2.05) is 25.1 Å². The summed E-state index contributed by atoms with van der Waals surface area (Å²) < 4.78 is 21.4. The van der Waals surface area contributed by atoms with Crippen LogP contribution in [0.15, 0.2) is 39.9 Å². The molecule has 0 amide bonds. The van der Waals surface area contributed by atoms with E-state index >= 15 is 0 Å². The highest BCUT2D eigenvalue weighted by atomic mass is 127. The fourth-order valence-corrected chi connectivity index (χ4v) is 2.31. The summed E-state index contributed by atoms with van der Waals surface area (Å²) in [5.41, 5.74) is 0.898. The number of methoxy groups -OCH3 is 3. The minimum absolute atomic E-state index is 0. The molecule has 7 nitrogen and oxygen atoms in total. The van der Waals surface area contributed by atoms with Crippen LogP contribution in [0.3, 0.4) is 0 Å². The molecule has 0 aliphatic carbocycles. The summed E-state index contributed by atoms with van der Waals surface area (Å²) >= 11 is 0. The summed E-state index contributed by atoms with van der Waals surface area (Å²) in [6.45, 7) is 3.76. The van der Waals surface area contributed by atoms with Crippen LogP contribution in [0.4, 0.5) is 0 Å². The van der Waals surface area contributed by atoms with Gasteiger partial charge in [0.2, 0.25) is 0 Å². The van der Waals surface area contributed by atoms with Crippen molar-refractivity contribution < 1.29 is 18.6 Å². The molecule has 1 heterocycles. The topological polar surface area (TPSA) is 77.3 Å². The number of nitrogens with one attached hydrogen (secondary N) is 2. The van der Waals surface area contributed by atoms with Gasteiger partial charge < -0.3 is 29.3 Å². The van der Waals surface area contributed by atoms with Crippen molar-refractivity contribution in [1.82, 2.24) is 10.6 Å². The third-order valence-electron chi connectivity index (χ3n) is 3.55. The van der Waals surface area contributed by atoms with Crippen molar-refractivity contribution in [3.63, 3.8) is 0 Å². The van der Waals surface area contributed by atoms with E-state index in [1.54, 1.807) is 33.7 Å². The van der Waals surface area contributed by atoms with Gasteiger partial charge in [0, 0.05) is 18.2 Å². The van der Waals surface area contributed by atoms with Gasteiger partial charge in [-0.2, -0.15) is 0 Å². The summed E-state index contributed by atoms with van der Waals surface area (Å²) in [6, 6.07) is 7.44. The van der Waals surface area contributed by atoms with Gasteiger partial charge in [0.05, 0.1) is 40.7 Å². The minimum Gasteiger partial charge on any atom is -0.496 e. The van der Waals surface area contributed by atoms with Gasteiger partial charge >= 0.3 is 0 Å². The summed E-state index contributed by atoms with van der Waals surface area (Å²) in [5.74, 6) is 3.49. The summed E-state index contributed by atoms with van der Waals surface area (Å²) in [4.78, 5) is 4.60. The molecular weight excluding hydrogens is 449 g/mol. The highest BCUT2D eigenvalue weighted by molar-refractivity contribution is 14.0. The van der Waals surface area contributed by atoms with Crippen LogP contribution in [0.1, 0.15) is 18.2 Å². The lowest BCUT2D eigenvalue weighted by Crippen LogP contribution is -2.36. The molecule has 8 heteroatoms. The number of hydrogen-bond donors (Lipinski definition) is 2. The first-order valence-electron chi connectivity index (χ1n) is 8.05. The zero-order valence-electron chi connectivity index (χ0n) is 15.5. The fourth-order valence-electron chi connectivity index (χ4n) is 2.31. The lowest BCUT2D eigenvalue weighted by Gasteiger charge is -2.14. The second-order valence-electron chi connectivity index (χ2n) is 5.15. The van der Waals surface area contributed by atoms with Gasteiger partial charge in [0.25, 0.3) is 0 Å². The molecule has 144 valence electrons. The van der Waals surface area contributed by atoms with E-state index in [1.165, 1.54) is 0 Å². The first-order chi connectivity index (χ1) is 12.2. The van der Waals surface area contributed by atoms with Crippen molar-refractivity contribution in [3.8, 4) is 17.2 Å². The van der Waals surface area contributed by atoms with Gasteiger partial charge in [0.15, 0.2) is 17.5 Å². The van der Waals surface area contributed by atoms with Crippen molar-refractivity contribution in [2.75, 3.05) is 27.9 Å². The summed E-state index contributed by atoms with van der Waals surface area (Å²) in [7, 11) is 4.82. The average Bonchev–Trinajstić information content (AvgIpc) is 3.16. The largest absolute Gasteiger partial charge is 0.496 e. The van der Waals surface area contributed by atoms with E-state index in [0.29, 0.717) is 36.3 Å². The van der Waals surface area contributed by atoms with Gasteiger partial charge in [-0.25, -0.2) is 4.99 Å². The van der Waals surface area contributed by atoms with Gasteiger partial charge in [-0.3, -0.25) is 0 Å². The molecule has 0 atom stereocenters. The summed E-state index contributed by atoms with van der Waals surface area (Å²) in [6.07, 6.45) is 1.65. The monoisotopic (exact) mass is 475 g/mol. The van der Waals surface area contributed by atoms with E-state index < -0.39 is 0 Å². The number of halogens is 1. The van der Waals surface area contributed by atoms with Gasteiger partial charge in [0.1, 0.15) is 11.5 Å². The Kier molecular flexibility index (Phi) is 9.71. The standard InChI is InChI=1S/C18H25N3O4.HI/c1-5-19-18(21-12-14-7-6-8-25-14)20-11-13-9-16(23-3)17(24-4)10-15(13)22-2;/h6-10H,5,11-12H2,1-4H3,(H2,19,20,21);1H. The predicted octanol–water partition coefficient (Wildman–Crippen LogP) is 3.18. The molecule has 2 N–H and O–H groups in total. The molecule has 0 aliphatic rings. The Morgan fingerprint density at radius 2 is 1.73 bits per heavy atom. The van der Waals surface area contributed by atoms with Crippen molar-refractivity contribution in [3.05, 3.63) is 41.9 Å². The number of furan rings is 1. The van der Waals surface area contributed by atoms with Gasteiger partial charge in [-0.1, -0.05) is 0 Å². The highest BCUT2D eigenvalue weighted by Gasteiger charge is 2.12. The van der Waals surface area contributed by atoms with Crippen molar-refractivity contribution >= 4 is 29.9 Å². The molecule has 0 spiro atoms.